The maximum absolute atomic E-state index is 11.9. The van der Waals surface area contributed by atoms with Crippen molar-refractivity contribution < 1.29 is 4.79 Å². The van der Waals surface area contributed by atoms with E-state index in [4.69, 9.17) is 0 Å². The van der Waals surface area contributed by atoms with Crippen molar-refractivity contribution in [1.82, 2.24) is 10.6 Å². The summed E-state index contributed by atoms with van der Waals surface area (Å²) in [5.74, 6) is 0.00539. The van der Waals surface area contributed by atoms with Crippen molar-refractivity contribution in [3.63, 3.8) is 0 Å². The van der Waals surface area contributed by atoms with E-state index in [1.807, 2.05) is 25.1 Å². The van der Waals surface area contributed by atoms with Gasteiger partial charge in [0.15, 0.2) is 0 Å². The van der Waals surface area contributed by atoms with E-state index in [1.165, 1.54) is 12.8 Å². The quantitative estimate of drug-likeness (QED) is 0.793. The molecule has 0 atom stereocenters. The van der Waals surface area contributed by atoms with Crippen molar-refractivity contribution >= 4 is 21.8 Å². The van der Waals surface area contributed by atoms with Gasteiger partial charge in [-0.15, -0.1) is 0 Å². The lowest BCUT2D eigenvalue weighted by atomic mass is 10.1. The molecule has 1 aromatic rings. The predicted molar refractivity (Wildman–Crippen MR) is 76.9 cm³/mol. The highest BCUT2D eigenvalue weighted by Gasteiger charge is 2.19. The van der Waals surface area contributed by atoms with Crippen LogP contribution in [0, 0.1) is 6.92 Å². The molecule has 4 heteroatoms. The highest BCUT2D eigenvalue weighted by Crippen LogP contribution is 2.18. The zero-order chi connectivity index (χ0) is 13.0. The first-order chi connectivity index (χ1) is 8.65. The third-order valence-electron chi connectivity index (χ3n) is 2.95. The fraction of sp³-hybridized carbons (Fsp3) is 0.500. The van der Waals surface area contributed by atoms with E-state index in [-0.39, 0.29) is 5.91 Å². The summed E-state index contributed by atoms with van der Waals surface area (Å²) in [6.45, 7) is 3.70. The van der Waals surface area contributed by atoms with Crippen LogP contribution in [0.4, 0.5) is 0 Å². The van der Waals surface area contributed by atoms with Gasteiger partial charge in [0, 0.05) is 22.6 Å². The summed E-state index contributed by atoms with van der Waals surface area (Å²) < 4.78 is 0.947. The molecule has 1 fully saturated rings. The van der Waals surface area contributed by atoms with Gasteiger partial charge in [-0.2, -0.15) is 0 Å². The first-order valence-electron chi connectivity index (χ1n) is 6.44. The summed E-state index contributed by atoms with van der Waals surface area (Å²) in [6, 6.07) is 6.50. The van der Waals surface area contributed by atoms with Crippen molar-refractivity contribution in [2.75, 3.05) is 13.1 Å². The topological polar surface area (TPSA) is 41.1 Å². The van der Waals surface area contributed by atoms with Crippen LogP contribution in [0.1, 0.15) is 35.2 Å². The lowest BCUT2D eigenvalue weighted by Gasteiger charge is -2.07. The molecular weight excluding hydrogens is 292 g/mol. The Hall–Kier alpha value is -0.870. The monoisotopic (exact) mass is 310 g/mol. The van der Waals surface area contributed by atoms with Crippen LogP contribution < -0.4 is 10.6 Å². The molecule has 1 aliphatic carbocycles. The lowest BCUT2D eigenvalue weighted by molar-refractivity contribution is 0.0953. The Bertz CT molecular complexity index is 410. The molecule has 18 heavy (non-hydrogen) atoms. The molecule has 0 saturated heterocycles. The molecule has 1 saturated carbocycles. The summed E-state index contributed by atoms with van der Waals surface area (Å²) in [4.78, 5) is 11.9. The number of rotatable bonds is 6. The van der Waals surface area contributed by atoms with E-state index in [0.717, 1.165) is 41.2 Å². The maximum Gasteiger partial charge on any atom is 0.251 e. The van der Waals surface area contributed by atoms with Crippen LogP contribution in [0.25, 0.3) is 0 Å². The van der Waals surface area contributed by atoms with Crippen LogP contribution in [-0.2, 0) is 0 Å². The highest BCUT2D eigenvalue weighted by atomic mass is 79.9. The number of benzene rings is 1. The van der Waals surface area contributed by atoms with E-state index in [1.54, 1.807) is 0 Å². The number of amides is 1. The summed E-state index contributed by atoms with van der Waals surface area (Å²) in [6.07, 6.45) is 3.60. The molecule has 0 aliphatic heterocycles. The Kier molecular flexibility index (Phi) is 4.78. The molecule has 0 heterocycles. The second kappa shape index (κ2) is 6.34. The van der Waals surface area contributed by atoms with Gasteiger partial charge in [-0.3, -0.25) is 4.79 Å². The van der Waals surface area contributed by atoms with Gasteiger partial charge < -0.3 is 10.6 Å². The zero-order valence-electron chi connectivity index (χ0n) is 10.6. The van der Waals surface area contributed by atoms with E-state index < -0.39 is 0 Å². The third-order valence-corrected chi connectivity index (χ3v) is 3.41. The second-order valence-electron chi connectivity index (χ2n) is 4.86. The van der Waals surface area contributed by atoms with Crippen molar-refractivity contribution in [3.8, 4) is 0 Å². The van der Waals surface area contributed by atoms with E-state index in [9.17, 15) is 4.79 Å². The van der Waals surface area contributed by atoms with Gasteiger partial charge in [-0.25, -0.2) is 0 Å². The standard InChI is InChI=1S/C14H19BrN2O/c1-10-7-11(9-12(15)8-10)14(18)17-6-2-5-16-13-3-4-13/h7-9,13,16H,2-6H2,1H3,(H,17,18). The molecule has 2 N–H and O–H groups in total. The van der Waals surface area contributed by atoms with Crippen molar-refractivity contribution in [1.29, 1.82) is 0 Å². The minimum Gasteiger partial charge on any atom is -0.352 e. The van der Waals surface area contributed by atoms with E-state index in [2.05, 4.69) is 26.6 Å². The molecular formula is C14H19BrN2O. The molecule has 0 unspecified atom stereocenters. The minimum atomic E-state index is 0.00539. The molecule has 2 rings (SSSR count). The normalized spacial score (nSPS) is 14.6. The Morgan fingerprint density at radius 3 is 2.78 bits per heavy atom. The fourth-order valence-electron chi connectivity index (χ4n) is 1.85. The first-order valence-corrected chi connectivity index (χ1v) is 7.23. The Morgan fingerprint density at radius 1 is 1.33 bits per heavy atom. The van der Waals surface area contributed by atoms with Crippen molar-refractivity contribution in [3.05, 3.63) is 33.8 Å². The summed E-state index contributed by atoms with van der Waals surface area (Å²) >= 11 is 3.41. The zero-order valence-corrected chi connectivity index (χ0v) is 12.2. The van der Waals surface area contributed by atoms with Crippen molar-refractivity contribution in [2.45, 2.75) is 32.2 Å². The average Bonchev–Trinajstić information content (AvgIpc) is 3.11. The Balaban J connectivity index is 1.72. The maximum atomic E-state index is 11.9. The number of hydrogen-bond donors (Lipinski definition) is 2. The number of hydrogen-bond acceptors (Lipinski definition) is 2. The number of carbonyl (C=O) groups excluding carboxylic acids is 1. The van der Waals surface area contributed by atoms with Crippen LogP contribution in [0.15, 0.2) is 22.7 Å². The fourth-order valence-corrected chi connectivity index (χ4v) is 2.46. The van der Waals surface area contributed by atoms with Gasteiger partial charge in [0.1, 0.15) is 0 Å². The number of nitrogens with one attached hydrogen (secondary N) is 2. The van der Waals surface area contributed by atoms with Gasteiger partial charge >= 0.3 is 0 Å². The van der Waals surface area contributed by atoms with Crippen LogP contribution in [0.5, 0.6) is 0 Å². The Labute approximate surface area is 116 Å². The summed E-state index contributed by atoms with van der Waals surface area (Å²) in [7, 11) is 0. The predicted octanol–water partition coefficient (Wildman–Crippen LogP) is 2.63. The molecule has 0 spiro atoms. The lowest BCUT2D eigenvalue weighted by Crippen LogP contribution is -2.28. The molecule has 1 aliphatic rings. The Morgan fingerprint density at radius 2 is 2.11 bits per heavy atom. The van der Waals surface area contributed by atoms with Gasteiger partial charge in [-0.05, 0) is 56.5 Å². The van der Waals surface area contributed by atoms with Gasteiger partial charge in [0.2, 0.25) is 0 Å². The molecule has 98 valence electrons. The van der Waals surface area contributed by atoms with Gasteiger partial charge in [0.25, 0.3) is 5.91 Å². The average molecular weight is 311 g/mol. The second-order valence-corrected chi connectivity index (χ2v) is 5.77. The van der Waals surface area contributed by atoms with Gasteiger partial charge in [-0.1, -0.05) is 15.9 Å². The first kappa shape index (κ1) is 13.6. The number of halogens is 1. The van der Waals surface area contributed by atoms with Crippen molar-refractivity contribution in [2.24, 2.45) is 0 Å². The van der Waals surface area contributed by atoms with Crippen LogP contribution in [0.2, 0.25) is 0 Å². The van der Waals surface area contributed by atoms with E-state index in [0.29, 0.717) is 0 Å². The van der Waals surface area contributed by atoms with Gasteiger partial charge in [0.05, 0.1) is 0 Å². The molecule has 3 nitrogen and oxygen atoms in total. The minimum absolute atomic E-state index is 0.00539. The number of aryl methyl sites for hydroxylation is 1. The molecule has 0 bridgehead atoms. The summed E-state index contributed by atoms with van der Waals surface area (Å²) in [5.41, 5.74) is 1.81. The molecule has 0 aromatic heterocycles. The molecule has 1 amide bonds. The van der Waals surface area contributed by atoms with E-state index >= 15 is 0 Å². The highest BCUT2D eigenvalue weighted by molar-refractivity contribution is 9.10. The van der Waals surface area contributed by atoms with Crippen LogP contribution >= 0.6 is 15.9 Å². The smallest absolute Gasteiger partial charge is 0.251 e. The number of carbonyl (C=O) groups is 1. The third kappa shape index (κ3) is 4.42. The molecule has 0 radical (unpaired) electrons. The van der Waals surface area contributed by atoms with Crippen LogP contribution in [-0.4, -0.2) is 25.0 Å². The largest absolute Gasteiger partial charge is 0.352 e. The SMILES string of the molecule is Cc1cc(Br)cc(C(=O)NCCCNC2CC2)c1. The van der Waals surface area contributed by atoms with Crippen LogP contribution in [0.3, 0.4) is 0 Å². The summed E-state index contributed by atoms with van der Waals surface area (Å²) in [5, 5.41) is 6.38. The molecule has 1 aromatic carbocycles.